The summed E-state index contributed by atoms with van der Waals surface area (Å²) < 4.78 is 0. The average Bonchev–Trinajstić information content (AvgIpc) is 3.15. The van der Waals surface area contributed by atoms with Crippen LogP contribution in [0.4, 0.5) is 0 Å². The van der Waals surface area contributed by atoms with E-state index in [9.17, 15) is 0 Å². The van der Waals surface area contributed by atoms with Gasteiger partial charge >= 0.3 is 44.8 Å². The Hall–Kier alpha value is -2.96. The van der Waals surface area contributed by atoms with Crippen molar-refractivity contribution in [2.24, 2.45) is 0 Å². The van der Waals surface area contributed by atoms with Crippen molar-refractivity contribution in [3.8, 4) is 11.8 Å². The topological polar surface area (TPSA) is 0 Å². The van der Waals surface area contributed by atoms with E-state index >= 15 is 0 Å². The van der Waals surface area contributed by atoms with E-state index in [4.69, 9.17) is 12.8 Å². The molecule has 0 heterocycles. The van der Waals surface area contributed by atoms with Gasteiger partial charge in [-0.2, -0.15) is 0 Å². The van der Waals surface area contributed by atoms with Crippen molar-refractivity contribution in [2.75, 3.05) is 0 Å². The summed E-state index contributed by atoms with van der Waals surface area (Å²) in [6, 6.07) is 46.3. The fraction of sp³-hybridized carbons (Fsp3) is 0.240. The molecule has 7 rings (SSSR count). The second kappa shape index (κ2) is 21.4. The summed E-state index contributed by atoms with van der Waals surface area (Å²) in [5, 5.41) is 12.8. The van der Waals surface area contributed by atoms with Crippen LogP contribution in [0, 0.1) is 24.7 Å². The van der Waals surface area contributed by atoms with Crippen LogP contribution >= 0.6 is 15.8 Å². The fourth-order valence-corrected chi connectivity index (χ4v) is 15.3. The van der Waals surface area contributed by atoms with Crippen molar-refractivity contribution in [1.82, 2.24) is 0 Å². The minimum atomic E-state index is -0.471. The number of benzene rings is 7. The van der Waals surface area contributed by atoms with Crippen molar-refractivity contribution in [3.63, 3.8) is 0 Å². The molecule has 0 unspecified atom stereocenters. The van der Waals surface area contributed by atoms with Gasteiger partial charge in [-0.25, -0.2) is 0 Å². The van der Waals surface area contributed by atoms with E-state index in [0.29, 0.717) is 0 Å². The number of hydrogen-bond acceptors (Lipinski definition) is 0. The first-order valence-electron chi connectivity index (χ1n) is 18.6. The molecule has 0 atom stereocenters. The van der Waals surface area contributed by atoms with Crippen molar-refractivity contribution in [2.45, 2.75) is 78.0 Å². The summed E-state index contributed by atoms with van der Waals surface area (Å²) in [7, 11) is -0.942. The molecule has 0 saturated carbocycles. The number of fused-ring (bicyclic) bond motifs is 6. The average molecular weight is 931 g/mol. The second-order valence-corrected chi connectivity index (χ2v) is 22.2. The van der Waals surface area contributed by atoms with Crippen LogP contribution in [0.5, 0.6) is 0 Å². The van der Waals surface area contributed by atoms with Crippen LogP contribution in [-0.2, 0) is 44.8 Å². The first-order chi connectivity index (χ1) is 25.1. The summed E-state index contributed by atoms with van der Waals surface area (Å²) in [6.45, 7) is 19.4. The van der Waals surface area contributed by atoms with Crippen LogP contribution in [0.1, 0.15) is 66.5 Å². The van der Waals surface area contributed by atoms with Crippen LogP contribution in [0.25, 0.3) is 43.1 Å². The first kappa shape index (κ1) is 45.4. The predicted molar refractivity (Wildman–Crippen MR) is 238 cm³/mol. The van der Waals surface area contributed by atoms with Crippen LogP contribution in [0.15, 0.2) is 133 Å². The van der Waals surface area contributed by atoms with Crippen LogP contribution in [0.3, 0.4) is 0 Å². The van der Waals surface area contributed by atoms with E-state index in [0.717, 1.165) is 55.3 Å². The minimum absolute atomic E-state index is 0. The van der Waals surface area contributed by atoms with Gasteiger partial charge in [0.15, 0.2) is 0 Å². The molecule has 0 spiro atoms. The maximum Gasteiger partial charge on any atom is 1.00 e. The molecule has 0 radical (unpaired) electrons. The van der Waals surface area contributed by atoms with Crippen molar-refractivity contribution < 1.29 is 44.8 Å². The zero-order valence-electron chi connectivity index (χ0n) is 32.6. The van der Waals surface area contributed by atoms with Gasteiger partial charge in [-0.3, -0.25) is 11.8 Å². The van der Waals surface area contributed by atoms with Gasteiger partial charge in [0.25, 0.3) is 0 Å². The molecule has 0 amide bonds. The van der Waals surface area contributed by atoms with Gasteiger partial charge in [-0.05, 0) is 99.8 Å². The predicted octanol–water partition coefficient (Wildman–Crippen LogP) is 12.9. The van der Waals surface area contributed by atoms with Gasteiger partial charge in [0.05, 0.1) is 22.6 Å². The summed E-state index contributed by atoms with van der Waals surface area (Å²) in [5.74, 6) is 5.02. The quantitative estimate of drug-likeness (QED) is 0.0512. The summed E-state index contributed by atoms with van der Waals surface area (Å²) in [4.78, 5) is 0. The zero-order chi connectivity index (χ0) is 37.4. The Morgan fingerprint density at radius 1 is 0.370 bits per heavy atom. The van der Waals surface area contributed by atoms with Gasteiger partial charge in [0, 0.05) is 15.8 Å². The van der Waals surface area contributed by atoms with Crippen molar-refractivity contribution >= 4 is 69.5 Å². The van der Waals surface area contributed by atoms with E-state index < -0.39 is 15.8 Å². The largest absolute Gasteiger partial charge is 1.00 e. The first-order valence-corrected chi connectivity index (χ1v) is 21.9. The van der Waals surface area contributed by atoms with Gasteiger partial charge < -0.3 is 12.8 Å². The molecule has 0 aliphatic carbocycles. The molecule has 0 aromatic heterocycles. The van der Waals surface area contributed by atoms with Crippen LogP contribution in [0.2, 0.25) is 0 Å². The standard InChI is InChI=1S/C18H32P2.2C16H9.2Ag/c1-13(2)19(14(3)4)17-11-9-10-12-18(17)20(15(5)6)16(7)8;2*1-2-12-11-13-7-3-4-9-15(13)16-10-6-5-8-14(12)16;;/h9-16H,1-8H3;2*3-11H;;/q;2*-1;2*+1/p+2. The number of hydrogen-bond donors (Lipinski definition) is 0. The molecule has 4 heteroatoms. The maximum atomic E-state index is 7.35. The molecular weight excluding hydrogens is 878 g/mol. The molecule has 54 heavy (non-hydrogen) atoms. The molecular formula is C50H52Ag2P2+2. The van der Waals surface area contributed by atoms with Gasteiger partial charge in [0.1, 0.15) is 10.6 Å². The summed E-state index contributed by atoms with van der Waals surface area (Å²) >= 11 is 0. The summed E-state index contributed by atoms with van der Waals surface area (Å²) in [5.41, 5.74) is 4.95. The molecule has 0 aliphatic heterocycles. The summed E-state index contributed by atoms with van der Waals surface area (Å²) in [6.07, 6.45) is 14.7. The molecule has 0 aliphatic rings. The molecule has 0 N–H and O–H groups in total. The third-order valence-electron chi connectivity index (χ3n) is 9.84. The van der Waals surface area contributed by atoms with E-state index in [1.165, 1.54) is 21.5 Å². The van der Waals surface area contributed by atoms with E-state index in [-0.39, 0.29) is 44.8 Å². The molecule has 282 valence electrons. The second-order valence-electron chi connectivity index (χ2n) is 14.7. The Kier molecular flexibility index (Phi) is 18.0. The van der Waals surface area contributed by atoms with Gasteiger partial charge in [-0.15, -0.1) is 23.3 Å². The monoisotopic (exact) mass is 928 g/mol. The Bertz CT molecular complexity index is 2190. The Morgan fingerprint density at radius 3 is 0.926 bits per heavy atom. The van der Waals surface area contributed by atoms with E-state index in [2.05, 4.69) is 128 Å². The molecule has 7 aromatic rings. The Labute approximate surface area is 358 Å². The van der Waals surface area contributed by atoms with Gasteiger partial charge in [0.2, 0.25) is 0 Å². The molecule has 0 saturated heterocycles. The zero-order valence-corrected chi connectivity index (χ0v) is 37.6. The van der Waals surface area contributed by atoms with Crippen LogP contribution in [-0.4, -0.2) is 22.6 Å². The third-order valence-corrected chi connectivity index (χ3v) is 17.2. The third kappa shape index (κ3) is 10.5. The Morgan fingerprint density at radius 2 is 0.630 bits per heavy atom. The maximum absolute atomic E-state index is 7.35. The minimum Gasteiger partial charge on any atom is -0.366 e. The van der Waals surface area contributed by atoms with Crippen LogP contribution < -0.4 is 10.6 Å². The fourth-order valence-electron chi connectivity index (χ4n) is 7.88. The smallest absolute Gasteiger partial charge is 0.366 e. The van der Waals surface area contributed by atoms with Gasteiger partial charge in [-0.1, -0.05) is 120 Å². The van der Waals surface area contributed by atoms with Crippen molar-refractivity contribution in [1.29, 1.82) is 0 Å². The molecule has 0 fully saturated rings. The number of rotatable bonds is 6. The Balaban J connectivity index is 0.000000215. The van der Waals surface area contributed by atoms with Crippen molar-refractivity contribution in [3.05, 3.63) is 157 Å². The molecule has 7 aromatic carbocycles. The molecule has 0 nitrogen and oxygen atoms in total. The SMILES string of the molecule is CC(C)[PH+](c1ccccc1[PH+](C(C)C)C(C)C)C(C)C.[Ag+].[Ag+].[C-]#Cc1cc2ccccc2c2ccccc12.[C-]#Cc1cc2ccccc2c2ccccc12. The molecule has 0 bridgehead atoms. The van der Waals surface area contributed by atoms with E-state index in [1.807, 2.05) is 72.8 Å². The van der Waals surface area contributed by atoms with E-state index in [1.54, 1.807) is 10.6 Å². The normalized spacial score (nSPS) is 10.9.